The van der Waals surface area contributed by atoms with Gasteiger partial charge in [-0.15, -0.1) is 0 Å². The standard InChI is InChI=1S/C12H7BrN2O2/c13-8-4-1-5-9-10(8)7-3-2-6-14-11(7)15(9)12(16)17/h1-6H,(H,16,17). The van der Waals surface area contributed by atoms with Crippen molar-refractivity contribution in [2.24, 2.45) is 0 Å². The topological polar surface area (TPSA) is 55.1 Å². The van der Waals surface area contributed by atoms with E-state index in [2.05, 4.69) is 20.9 Å². The van der Waals surface area contributed by atoms with Gasteiger partial charge in [-0.25, -0.2) is 14.3 Å². The van der Waals surface area contributed by atoms with Crippen molar-refractivity contribution in [2.75, 3.05) is 0 Å². The minimum absolute atomic E-state index is 0.460. The lowest BCUT2D eigenvalue weighted by Gasteiger charge is -1.98. The summed E-state index contributed by atoms with van der Waals surface area (Å²) in [5.74, 6) is 0. The van der Waals surface area contributed by atoms with Crippen molar-refractivity contribution < 1.29 is 9.90 Å². The summed E-state index contributed by atoms with van der Waals surface area (Å²) in [5, 5.41) is 11.0. The molecule has 1 aromatic carbocycles. The number of nitrogens with zero attached hydrogens (tertiary/aromatic N) is 2. The Balaban J connectivity index is 2.67. The van der Waals surface area contributed by atoms with Crippen LogP contribution < -0.4 is 0 Å². The van der Waals surface area contributed by atoms with Gasteiger partial charge in [0, 0.05) is 21.4 Å². The Labute approximate surface area is 105 Å². The van der Waals surface area contributed by atoms with Crippen LogP contribution in [0.15, 0.2) is 41.0 Å². The maximum atomic E-state index is 11.3. The van der Waals surface area contributed by atoms with Crippen LogP contribution in [-0.2, 0) is 0 Å². The van der Waals surface area contributed by atoms with Crippen LogP contribution >= 0.6 is 15.9 Å². The summed E-state index contributed by atoms with van der Waals surface area (Å²) in [6.07, 6.45) is 0.566. The van der Waals surface area contributed by atoms with Crippen LogP contribution in [0.2, 0.25) is 0 Å². The fraction of sp³-hybridized carbons (Fsp3) is 0. The molecule has 2 heterocycles. The van der Waals surface area contributed by atoms with Gasteiger partial charge in [-0.05, 0) is 24.3 Å². The summed E-state index contributed by atoms with van der Waals surface area (Å²) in [7, 11) is 0. The van der Waals surface area contributed by atoms with Crippen LogP contribution in [0.1, 0.15) is 0 Å². The van der Waals surface area contributed by atoms with E-state index >= 15 is 0 Å². The molecule has 1 N–H and O–H groups in total. The molecule has 0 saturated carbocycles. The second kappa shape index (κ2) is 3.56. The van der Waals surface area contributed by atoms with Crippen LogP contribution in [0.4, 0.5) is 4.79 Å². The quantitative estimate of drug-likeness (QED) is 0.690. The Bertz CT molecular complexity index is 749. The Morgan fingerprint density at radius 3 is 2.88 bits per heavy atom. The first kappa shape index (κ1) is 10.3. The number of rotatable bonds is 0. The monoisotopic (exact) mass is 290 g/mol. The van der Waals surface area contributed by atoms with E-state index in [0.717, 1.165) is 15.2 Å². The first-order valence-electron chi connectivity index (χ1n) is 4.97. The maximum Gasteiger partial charge on any atom is 0.417 e. The highest BCUT2D eigenvalue weighted by Crippen LogP contribution is 2.32. The molecule has 0 radical (unpaired) electrons. The molecular weight excluding hydrogens is 284 g/mol. The summed E-state index contributed by atoms with van der Waals surface area (Å²) in [4.78, 5) is 15.5. The van der Waals surface area contributed by atoms with E-state index in [9.17, 15) is 9.90 Å². The van der Waals surface area contributed by atoms with Gasteiger partial charge in [-0.2, -0.15) is 0 Å². The molecule has 0 aliphatic carbocycles. The van der Waals surface area contributed by atoms with Gasteiger partial charge in [0.25, 0.3) is 0 Å². The molecule has 0 atom stereocenters. The normalized spacial score (nSPS) is 11.1. The molecule has 17 heavy (non-hydrogen) atoms. The fourth-order valence-electron chi connectivity index (χ4n) is 2.04. The number of carbonyl (C=O) groups is 1. The van der Waals surface area contributed by atoms with Gasteiger partial charge in [-0.1, -0.05) is 22.0 Å². The lowest BCUT2D eigenvalue weighted by atomic mass is 10.2. The number of fused-ring (bicyclic) bond motifs is 3. The van der Waals surface area contributed by atoms with Gasteiger partial charge >= 0.3 is 6.09 Å². The minimum Gasteiger partial charge on any atom is -0.464 e. The zero-order chi connectivity index (χ0) is 12.0. The van der Waals surface area contributed by atoms with E-state index in [1.54, 1.807) is 18.3 Å². The molecule has 3 aromatic rings. The van der Waals surface area contributed by atoms with E-state index in [-0.39, 0.29) is 0 Å². The van der Waals surface area contributed by atoms with E-state index in [1.165, 1.54) is 4.57 Å². The summed E-state index contributed by atoms with van der Waals surface area (Å²) in [6, 6.07) is 9.14. The molecule has 0 bridgehead atoms. The van der Waals surface area contributed by atoms with E-state index < -0.39 is 6.09 Å². The Kier molecular flexibility index (Phi) is 2.16. The molecule has 0 amide bonds. The number of carboxylic acid groups (broad SMARTS) is 1. The van der Waals surface area contributed by atoms with Crippen LogP contribution in [0.25, 0.3) is 21.9 Å². The van der Waals surface area contributed by atoms with E-state index in [1.807, 2.05) is 18.2 Å². The molecule has 5 heteroatoms. The average Bonchev–Trinajstić information content (AvgIpc) is 2.64. The van der Waals surface area contributed by atoms with Crippen molar-refractivity contribution in [2.45, 2.75) is 0 Å². The lowest BCUT2D eigenvalue weighted by Crippen LogP contribution is -2.07. The molecule has 0 unspecified atom stereocenters. The van der Waals surface area contributed by atoms with Gasteiger partial charge in [0.2, 0.25) is 0 Å². The second-order valence-electron chi connectivity index (χ2n) is 3.63. The lowest BCUT2D eigenvalue weighted by molar-refractivity contribution is 0.198. The number of hydrogen-bond acceptors (Lipinski definition) is 2. The van der Waals surface area contributed by atoms with Gasteiger partial charge in [0.1, 0.15) is 0 Å². The first-order valence-corrected chi connectivity index (χ1v) is 5.76. The van der Waals surface area contributed by atoms with Crippen molar-refractivity contribution in [1.29, 1.82) is 0 Å². The number of halogens is 1. The van der Waals surface area contributed by atoms with Crippen LogP contribution in [-0.4, -0.2) is 20.8 Å². The van der Waals surface area contributed by atoms with Crippen LogP contribution in [0.5, 0.6) is 0 Å². The van der Waals surface area contributed by atoms with Crippen molar-refractivity contribution in [3.05, 3.63) is 41.0 Å². The van der Waals surface area contributed by atoms with Gasteiger partial charge in [0.05, 0.1) is 5.52 Å². The minimum atomic E-state index is -1.03. The fourth-order valence-corrected chi connectivity index (χ4v) is 2.61. The zero-order valence-corrected chi connectivity index (χ0v) is 10.2. The number of hydrogen-bond donors (Lipinski definition) is 1. The molecular formula is C12H7BrN2O2. The molecule has 0 aliphatic rings. The molecule has 4 nitrogen and oxygen atoms in total. The summed E-state index contributed by atoms with van der Waals surface area (Å²) in [5.41, 5.74) is 1.10. The molecule has 0 aliphatic heterocycles. The third kappa shape index (κ3) is 1.36. The number of benzene rings is 1. The largest absolute Gasteiger partial charge is 0.464 e. The van der Waals surface area contributed by atoms with Gasteiger partial charge in [0.15, 0.2) is 5.65 Å². The predicted molar refractivity (Wildman–Crippen MR) is 68.4 cm³/mol. The van der Waals surface area contributed by atoms with Crippen molar-refractivity contribution in [1.82, 2.24) is 9.55 Å². The first-order chi connectivity index (χ1) is 8.20. The third-order valence-corrected chi connectivity index (χ3v) is 3.35. The zero-order valence-electron chi connectivity index (χ0n) is 8.59. The Morgan fingerprint density at radius 2 is 2.12 bits per heavy atom. The second-order valence-corrected chi connectivity index (χ2v) is 4.48. The molecule has 0 saturated heterocycles. The highest BCUT2D eigenvalue weighted by atomic mass is 79.9. The van der Waals surface area contributed by atoms with Crippen LogP contribution in [0.3, 0.4) is 0 Å². The number of aromatic nitrogens is 2. The van der Waals surface area contributed by atoms with Crippen molar-refractivity contribution in [3.8, 4) is 0 Å². The maximum absolute atomic E-state index is 11.3. The van der Waals surface area contributed by atoms with E-state index in [0.29, 0.717) is 11.2 Å². The van der Waals surface area contributed by atoms with Crippen LogP contribution in [0, 0.1) is 0 Å². The number of pyridine rings is 1. The van der Waals surface area contributed by atoms with Crippen molar-refractivity contribution in [3.63, 3.8) is 0 Å². The Morgan fingerprint density at radius 1 is 1.29 bits per heavy atom. The molecule has 3 rings (SSSR count). The Hall–Kier alpha value is -1.88. The highest BCUT2D eigenvalue weighted by Gasteiger charge is 2.16. The highest BCUT2D eigenvalue weighted by molar-refractivity contribution is 9.10. The van der Waals surface area contributed by atoms with Gasteiger partial charge in [-0.3, -0.25) is 0 Å². The summed E-state index contributed by atoms with van der Waals surface area (Å²) >= 11 is 3.45. The average molecular weight is 291 g/mol. The molecule has 0 fully saturated rings. The SMILES string of the molecule is O=C(O)n1c2cccc(Br)c2c2cccnc21. The van der Waals surface area contributed by atoms with Gasteiger partial charge < -0.3 is 5.11 Å². The predicted octanol–water partition coefficient (Wildman–Crippen LogP) is 3.48. The summed E-state index contributed by atoms with van der Waals surface area (Å²) < 4.78 is 2.07. The molecule has 84 valence electrons. The molecule has 2 aromatic heterocycles. The molecule has 0 spiro atoms. The third-order valence-electron chi connectivity index (χ3n) is 2.69. The van der Waals surface area contributed by atoms with E-state index in [4.69, 9.17) is 0 Å². The summed E-state index contributed by atoms with van der Waals surface area (Å²) in [6.45, 7) is 0. The smallest absolute Gasteiger partial charge is 0.417 e. The van der Waals surface area contributed by atoms with Crippen molar-refractivity contribution >= 4 is 44.0 Å².